The number of para-hydroxylation sites is 1. The Balaban J connectivity index is 1.40. The Hall–Kier alpha value is -2.43. The lowest BCUT2D eigenvalue weighted by Gasteiger charge is -2.37. The molecule has 2 amide bonds. The first kappa shape index (κ1) is 16.7. The number of benzene rings is 1. The highest BCUT2D eigenvalue weighted by Gasteiger charge is 2.67. The molecule has 1 aromatic carbocycles. The van der Waals surface area contributed by atoms with E-state index in [1.54, 1.807) is 6.92 Å². The molecule has 1 saturated heterocycles. The summed E-state index contributed by atoms with van der Waals surface area (Å²) in [5, 5.41) is 0. The molecule has 5 nitrogen and oxygen atoms in total. The molecule has 27 heavy (non-hydrogen) atoms. The molecule has 2 saturated carbocycles. The summed E-state index contributed by atoms with van der Waals surface area (Å²) in [5.74, 6) is 0.415. The van der Waals surface area contributed by atoms with Crippen LogP contribution in [-0.4, -0.2) is 28.7 Å². The third kappa shape index (κ3) is 2.20. The topological polar surface area (TPSA) is 63.7 Å². The number of likely N-dealkylation sites (tertiary alicyclic amines) is 1. The van der Waals surface area contributed by atoms with Gasteiger partial charge in [0.2, 0.25) is 11.8 Å². The third-order valence-corrected chi connectivity index (χ3v) is 7.04. The van der Waals surface area contributed by atoms with E-state index in [1.807, 2.05) is 32.0 Å². The van der Waals surface area contributed by atoms with E-state index in [-0.39, 0.29) is 35.5 Å². The fourth-order valence-electron chi connectivity index (χ4n) is 5.61. The smallest absolute Gasteiger partial charge is 0.334 e. The van der Waals surface area contributed by atoms with Crippen LogP contribution in [0.2, 0.25) is 0 Å². The Bertz CT molecular complexity index is 847. The van der Waals surface area contributed by atoms with Gasteiger partial charge in [-0.05, 0) is 62.0 Å². The highest BCUT2D eigenvalue weighted by Crippen LogP contribution is 2.65. The number of nitrogens with zero attached hydrogens (tertiary/aromatic N) is 1. The summed E-state index contributed by atoms with van der Waals surface area (Å²) < 4.78 is 5.60. The third-order valence-electron chi connectivity index (χ3n) is 7.04. The highest BCUT2D eigenvalue weighted by atomic mass is 16.5. The van der Waals surface area contributed by atoms with E-state index in [0.29, 0.717) is 17.6 Å². The molecule has 0 N–H and O–H groups in total. The molecule has 7 atom stereocenters. The number of carbonyl (C=O) groups is 3. The summed E-state index contributed by atoms with van der Waals surface area (Å²) in [6.07, 6.45) is 5.39. The monoisotopic (exact) mass is 365 g/mol. The second-order valence-electron chi connectivity index (χ2n) is 8.52. The summed E-state index contributed by atoms with van der Waals surface area (Å²) >= 11 is 0. The molecule has 5 aliphatic rings. The van der Waals surface area contributed by atoms with E-state index in [2.05, 4.69) is 12.2 Å². The van der Waals surface area contributed by atoms with E-state index in [1.165, 1.54) is 4.90 Å². The molecule has 1 heterocycles. The molecular formula is C22H23NO4. The van der Waals surface area contributed by atoms with E-state index >= 15 is 0 Å². The quantitative estimate of drug-likeness (QED) is 0.358. The molecule has 4 aliphatic carbocycles. The van der Waals surface area contributed by atoms with Crippen molar-refractivity contribution < 1.29 is 19.1 Å². The molecular weight excluding hydrogens is 342 g/mol. The second-order valence-corrected chi connectivity index (χ2v) is 8.52. The molecule has 140 valence electrons. The van der Waals surface area contributed by atoms with Gasteiger partial charge in [-0.2, -0.15) is 0 Å². The molecule has 1 aromatic rings. The van der Waals surface area contributed by atoms with Crippen LogP contribution in [-0.2, 0) is 14.4 Å². The molecule has 6 rings (SSSR count). The van der Waals surface area contributed by atoms with Crippen molar-refractivity contribution in [3.8, 4) is 5.75 Å². The van der Waals surface area contributed by atoms with Crippen LogP contribution in [0, 0.1) is 49.4 Å². The van der Waals surface area contributed by atoms with Crippen molar-refractivity contribution in [3.05, 3.63) is 41.5 Å². The van der Waals surface area contributed by atoms with Gasteiger partial charge in [0, 0.05) is 0 Å². The predicted molar refractivity (Wildman–Crippen MR) is 97.6 cm³/mol. The largest absolute Gasteiger partial charge is 0.424 e. The van der Waals surface area contributed by atoms with Crippen LogP contribution in [0.15, 0.2) is 30.4 Å². The molecule has 0 spiro atoms. The van der Waals surface area contributed by atoms with Crippen molar-refractivity contribution in [1.82, 2.24) is 4.90 Å². The van der Waals surface area contributed by atoms with Gasteiger partial charge in [0.05, 0.1) is 11.8 Å². The van der Waals surface area contributed by atoms with Gasteiger partial charge in [0.15, 0.2) is 0 Å². The van der Waals surface area contributed by atoms with Crippen LogP contribution in [0.25, 0.3) is 0 Å². The Morgan fingerprint density at radius 1 is 1.04 bits per heavy atom. The van der Waals surface area contributed by atoms with Gasteiger partial charge in [0.25, 0.3) is 0 Å². The number of ether oxygens (including phenoxy) is 1. The Kier molecular flexibility index (Phi) is 3.43. The van der Waals surface area contributed by atoms with Crippen molar-refractivity contribution >= 4 is 17.8 Å². The number of esters is 1. The zero-order valence-electron chi connectivity index (χ0n) is 15.7. The summed E-state index contributed by atoms with van der Waals surface area (Å²) in [4.78, 5) is 40.2. The maximum atomic E-state index is 13.1. The number of allylic oxidation sites excluding steroid dienone is 2. The molecule has 0 radical (unpaired) electrons. The molecule has 1 aliphatic heterocycles. The van der Waals surface area contributed by atoms with Gasteiger partial charge in [-0.3, -0.25) is 14.5 Å². The van der Waals surface area contributed by atoms with Gasteiger partial charge in [-0.25, -0.2) is 4.79 Å². The zero-order chi connectivity index (χ0) is 19.0. The number of carbonyl (C=O) groups excluding carboxylic acids is 3. The average Bonchev–Trinajstić information content (AvgIpc) is 3.42. The first-order chi connectivity index (χ1) is 12.9. The van der Waals surface area contributed by atoms with Gasteiger partial charge < -0.3 is 4.74 Å². The predicted octanol–water partition coefficient (Wildman–Crippen LogP) is 2.65. The zero-order valence-corrected chi connectivity index (χ0v) is 15.7. The summed E-state index contributed by atoms with van der Waals surface area (Å²) in [7, 11) is 0. The van der Waals surface area contributed by atoms with Crippen LogP contribution in [0.4, 0.5) is 0 Å². The lowest BCUT2D eigenvalue weighted by atomic mass is 9.63. The van der Waals surface area contributed by atoms with Crippen molar-refractivity contribution in [2.45, 2.75) is 33.2 Å². The van der Waals surface area contributed by atoms with Crippen LogP contribution < -0.4 is 4.74 Å². The Morgan fingerprint density at radius 3 is 2.07 bits per heavy atom. The minimum atomic E-state index is -0.912. The minimum absolute atomic E-state index is 0.160. The number of amides is 2. The van der Waals surface area contributed by atoms with Crippen molar-refractivity contribution in [2.75, 3.05) is 0 Å². The molecule has 5 heteroatoms. The van der Waals surface area contributed by atoms with Crippen molar-refractivity contribution in [3.63, 3.8) is 0 Å². The average molecular weight is 365 g/mol. The first-order valence-electron chi connectivity index (χ1n) is 9.73. The fourth-order valence-corrected chi connectivity index (χ4v) is 5.61. The van der Waals surface area contributed by atoms with Crippen molar-refractivity contribution in [1.29, 1.82) is 0 Å². The lowest BCUT2D eigenvalue weighted by molar-refractivity contribution is -0.152. The number of hydrogen-bond acceptors (Lipinski definition) is 4. The summed E-state index contributed by atoms with van der Waals surface area (Å²) in [6, 6.07) is 4.73. The summed E-state index contributed by atoms with van der Waals surface area (Å²) in [5.41, 5.74) is 1.70. The Morgan fingerprint density at radius 2 is 1.56 bits per heavy atom. The first-order valence-corrected chi connectivity index (χ1v) is 9.73. The van der Waals surface area contributed by atoms with E-state index in [4.69, 9.17) is 4.74 Å². The second kappa shape index (κ2) is 5.54. The lowest BCUT2D eigenvalue weighted by Crippen LogP contribution is -2.45. The van der Waals surface area contributed by atoms with Gasteiger partial charge in [-0.1, -0.05) is 30.4 Å². The maximum Gasteiger partial charge on any atom is 0.334 e. The van der Waals surface area contributed by atoms with E-state index < -0.39 is 12.0 Å². The molecule has 0 aromatic heterocycles. The number of hydrogen-bond donors (Lipinski definition) is 0. The fraction of sp³-hybridized carbons (Fsp3) is 0.500. The standard InChI is InChI=1S/C22H23NO4/c1-10-5-4-6-11(2)19(10)27-22(26)12(3)23-20(24)17-13-7-8-14(16-9-15(13)16)18(17)21(23)25/h4-8,12-18H,9H2,1-3H3/t12-,13-,14-,15-,16+,17-,18+/m0/s1. The van der Waals surface area contributed by atoms with Crippen LogP contribution in [0.5, 0.6) is 5.75 Å². The number of rotatable bonds is 3. The number of imide groups is 1. The number of aryl methyl sites for hydroxylation is 2. The van der Waals surface area contributed by atoms with E-state index in [9.17, 15) is 14.4 Å². The van der Waals surface area contributed by atoms with Gasteiger partial charge in [-0.15, -0.1) is 0 Å². The van der Waals surface area contributed by atoms with Gasteiger partial charge >= 0.3 is 5.97 Å². The van der Waals surface area contributed by atoms with Crippen molar-refractivity contribution in [2.24, 2.45) is 35.5 Å². The van der Waals surface area contributed by atoms with Crippen LogP contribution in [0.1, 0.15) is 24.5 Å². The van der Waals surface area contributed by atoms with E-state index in [0.717, 1.165) is 17.5 Å². The van der Waals surface area contributed by atoms with Crippen LogP contribution in [0.3, 0.4) is 0 Å². The molecule has 3 fully saturated rings. The molecule has 2 bridgehead atoms. The van der Waals surface area contributed by atoms with Gasteiger partial charge in [0.1, 0.15) is 11.8 Å². The summed E-state index contributed by atoms with van der Waals surface area (Å²) in [6.45, 7) is 5.34. The Labute approximate surface area is 158 Å². The maximum absolute atomic E-state index is 13.1. The normalized spacial score (nSPS) is 36.5. The van der Waals surface area contributed by atoms with Crippen LogP contribution >= 0.6 is 0 Å². The minimum Gasteiger partial charge on any atom is -0.424 e. The highest BCUT2D eigenvalue weighted by molar-refractivity contribution is 6.08. The molecule has 0 unspecified atom stereocenters. The SMILES string of the molecule is Cc1cccc(C)c1OC(=O)[C@H](C)N1C(=O)[C@@H]2[C@H]3C=C[C@@H]([C@@H]4C[C@H]34)[C@@H]2C1=O.